The van der Waals surface area contributed by atoms with Gasteiger partial charge in [0.05, 0.1) is 4.92 Å². The molecule has 0 atom stereocenters. The lowest BCUT2D eigenvalue weighted by atomic mass is 10.1. The molecule has 1 amide bonds. The van der Waals surface area contributed by atoms with Crippen LogP contribution in [-0.2, 0) is 20.9 Å². The minimum Gasteiger partial charge on any atom is -0.456 e. The molecule has 0 heterocycles. The van der Waals surface area contributed by atoms with Crippen LogP contribution in [0.3, 0.4) is 0 Å². The van der Waals surface area contributed by atoms with E-state index in [2.05, 4.69) is 5.32 Å². The minimum atomic E-state index is -0.817. The summed E-state index contributed by atoms with van der Waals surface area (Å²) in [4.78, 5) is 34.9. The molecule has 0 unspecified atom stereocenters. The maximum absolute atomic E-state index is 12.5. The van der Waals surface area contributed by atoms with Crippen molar-refractivity contribution in [2.24, 2.45) is 0 Å². The monoisotopic (exact) mass is 398 g/mol. The van der Waals surface area contributed by atoms with E-state index in [1.165, 1.54) is 30.3 Å². The van der Waals surface area contributed by atoms with E-state index in [9.17, 15) is 19.7 Å². The Hall–Kier alpha value is -3.68. The van der Waals surface area contributed by atoms with Gasteiger partial charge in [-0.2, -0.15) is 0 Å². The van der Waals surface area contributed by atoms with Crippen molar-refractivity contribution in [3.05, 3.63) is 81.5 Å². The van der Waals surface area contributed by atoms with Crippen molar-refractivity contribution >= 4 is 23.8 Å². The Balaban J connectivity index is 2.20. The number of nitrogens with one attached hydrogen (secondary N) is 1. The number of alkyl carbamates (subject to hydrolysis) is 1. The fraction of sp³-hybridized carbons (Fsp3) is 0.238. The number of carbonyl (C=O) groups excluding carboxylic acids is 2. The van der Waals surface area contributed by atoms with Gasteiger partial charge in [-0.25, -0.2) is 9.59 Å². The molecule has 0 fully saturated rings. The molecule has 2 rings (SSSR count). The molecule has 0 aromatic heterocycles. The molecule has 0 aliphatic rings. The molecule has 0 saturated heterocycles. The third-order valence-corrected chi connectivity index (χ3v) is 3.48. The van der Waals surface area contributed by atoms with Gasteiger partial charge in [-0.05, 0) is 50.1 Å². The summed E-state index contributed by atoms with van der Waals surface area (Å²) in [6, 6.07) is 14.6. The summed E-state index contributed by atoms with van der Waals surface area (Å²) >= 11 is 0. The second-order valence-electron chi connectivity index (χ2n) is 7.10. The molecule has 0 aliphatic heterocycles. The van der Waals surface area contributed by atoms with Gasteiger partial charge in [-0.1, -0.05) is 30.3 Å². The number of nitro benzene ring substituents is 1. The van der Waals surface area contributed by atoms with Crippen LogP contribution in [-0.4, -0.2) is 22.6 Å². The molecule has 0 spiro atoms. The lowest BCUT2D eigenvalue weighted by Gasteiger charge is -2.20. The van der Waals surface area contributed by atoms with Gasteiger partial charge in [-0.3, -0.25) is 15.4 Å². The molecule has 1 N–H and O–H groups in total. The Labute approximate surface area is 168 Å². The predicted molar refractivity (Wildman–Crippen MR) is 107 cm³/mol. The normalized spacial score (nSPS) is 11.5. The van der Waals surface area contributed by atoms with Crippen molar-refractivity contribution in [1.82, 2.24) is 5.32 Å². The number of nitrogens with zero attached hydrogens (tertiary/aromatic N) is 1. The Morgan fingerprint density at radius 3 is 2.24 bits per heavy atom. The Morgan fingerprint density at radius 2 is 1.69 bits per heavy atom. The average molecular weight is 398 g/mol. The first-order valence-corrected chi connectivity index (χ1v) is 8.81. The second-order valence-corrected chi connectivity index (χ2v) is 7.10. The highest BCUT2D eigenvalue weighted by Crippen LogP contribution is 2.15. The van der Waals surface area contributed by atoms with Crippen LogP contribution in [0.15, 0.2) is 60.3 Å². The van der Waals surface area contributed by atoms with Crippen molar-refractivity contribution in [3.63, 3.8) is 0 Å². The van der Waals surface area contributed by atoms with Crippen LogP contribution in [0.1, 0.15) is 31.9 Å². The fourth-order valence-corrected chi connectivity index (χ4v) is 2.22. The number of hydrogen-bond acceptors (Lipinski definition) is 6. The SMILES string of the molecule is CC(C)(C)OC(=O)N/C(=C\c1ccc([N+](=O)[O-])cc1)C(=O)OCc1ccccc1. The lowest BCUT2D eigenvalue weighted by molar-refractivity contribution is -0.384. The van der Waals surface area contributed by atoms with Crippen molar-refractivity contribution in [2.75, 3.05) is 0 Å². The zero-order valence-corrected chi connectivity index (χ0v) is 16.4. The molecule has 0 saturated carbocycles. The van der Waals surface area contributed by atoms with Crippen molar-refractivity contribution in [3.8, 4) is 0 Å². The van der Waals surface area contributed by atoms with Crippen molar-refractivity contribution in [1.29, 1.82) is 0 Å². The maximum atomic E-state index is 12.5. The molecule has 29 heavy (non-hydrogen) atoms. The van der Waals surface area contributed by atoms with Crippen LogP contribution in [0.4, 0.5) is 10.5 Å². The molecule has 152 valence electrons. The quantitative estimate of drug-likeness (QED) is 0.338. The third-order valence-electron chi connectivity index (χ3n) is 3.48. The number of non-ortho nitro benzene ring substituents is 1. The number of rotatable bonds is 6. The molecule has 0 bridgehead atoms. The first-order chi connectivity index (χ1) is 13.6. The van der Waals surface area contributed by atoms with Crippen molar-refractivity contribution in [2.45, 2.75) is 33.0 Å². The maximum Gasteiger partial charge on any atom is 0.412 e. The molecule has 2 aromatic carbocycles. The number of carbonyl (C=O) groups is 2. The lowest BCUT2D eigenvalue weighted by Crippen LogP contribution is -2.34. The number of hydrogen-bond donors (Lipinski definition) is 1. The summed E-state index contributed by atoms with van der Waals surface area (Å²) < 4.78 is 10.5. The van der Waals surface area contributed by atoms with Gasteiger partial charge in [0.1, 0.15) is 17.9 Å². The van der Waals surface area contributed by atoms with E-state index >= 15 is 0 Å². The van der Waals surface area contributed by atoms with Gasteiger partial charge in [0.15, 0.2) is 0 Å². The molecule has 8 nitrogen and oxygen atoms in total. The summed E-state index contributed by atoms with van der Waals surface area (Å²) in [6.45, 7) is 5.10. The fourth-order valence-electron chi connectivity index (χ4n) is 2.22. The topological polar surface area (TPSA) is 108 Å². The van der Waals surface area contributed by atoms with Crippen LogP contribution < -0.4 is 5.32 Å². The molecular weight excluding hydrogens is 376 g/mol. The Bertz CT molecular complexity index is 899. The van der Waals surface area contributed by atoms with Gasteiger partial charge in [-0.15, -0.1) is 0 Å². The average Bonchev–Trinajstić information content (AvgIpc) is 2.65. The number of nitro groups is 1. The molecular formula is C21H22N2O6. The number of amides is 1. The number of esters is 1. The standard InChI is InChI=1S/C21H22N2O6/c1-21(2,3)29-20(25)22-18(13-15-9-11-17(12-10-15)23(26)27)19(24)28-14-16-7-5-4-6-8-16/h4-13H,14H2,1-3H3,(H,22,25)/b18-13-. The highest BCUT2D eigenvalue weighted by atomic mass is 16.6. The van der Waals surface area contributed by atoms with E-state index in [0.717, 1.165) is 5.56 Å². The van der Waals surface area contributed by atoms with E-state index in [1.54, 1.807) is 32.9 Å². The smallest absolute Gasteiger partial charge is 0.412 e. The predicted octanol–water partition coefficient (Wildman–Crippen LogP) is 4.20. The van der Waals surface area contributed by atoms with Crippen LogP contribution in [0.5, 0.6) is 0 Å². The number of ether oxygens (including phenoxy) is 2. The molecule has 0 radical (unpaired) electrons. The first kappa shape index (κ1) is 21.6. The van der Waals surface area contributed by atoms with Gasteiger partial charge >= 0.3 is 12.1 Å². The van der Waals surface area contributed by atoms with Crippen LogP contribution in [0.25, 0.3) is 6.08 Å². The van der Waals surface area contributed by atoms with Crippen LogP contribution in [0.2, 0.25) is 0 Å². The van der Waals surface area contributed by atoms with E-state index < -0.39 is 22.6 Å². The zero-order valence-electron chi connectivity index (χ0n) is 16.4. The highest BCUT2D eigenvalue weighted by molar-refractivity contribution is 5.96. The summed E-state index contributed by atoms with van der Waals surface area (Å²) in [5.41, 5.74) is 0.266. The minimum absolute atomic E-state index is 0.0211. The second kappa shape index (κ2) is 9.50. The largest absolute Gasteiger partial charge is 0.456 e. The Kier molecular flexibility index (Phi) is 7.08. The summed E-state index contributed by atoms with van der Waals surface area (Å²) in [6.07, 6.45) is 0.545. The number of benzene rings is 2. The third kappa shape index (κ3) is 7.45. The molecule has 2 aromatic rings. The Morgan fingerprint density at radius 1 is 1.07 bits per heavy atom. The van der Waals surface area contributed by atoms with Crippen LogP contribution in [0, 0.1) is 10.1 Å². The molecule has 8 heteroatoms. The van der Waals surface area contributed by atoms with E-state index in [0.29, 0.717) is 5.56 Å². The van der Waals surface area contributed by atoms with E-state index in [4.69, 9.17) is 9.47 Å². The highest BCUT2D eigenvalue weighted by Gasteiger charge is 2.21. The van der Waals surface area contributed by atoms with Crippen LogP contribution >= 0.6 is 0 Å². The van der Waals surface area contributed by atoms with E-state index in [1.807, 2.05) is 18.2 Å². The summed E-state index contributed by atoms with van der Waals surface area (Å²) in [7, 11) is 0. The van der Waals surface area contributed by atoms with Gasteiger partial charge < -0.3 is 9.47 Å². The van der Waals surface area contributed by atoms with Gasteiger partial charge in [0.2, 0.25) is 0 Å². The van der Waals surface area contributed by atoms with Gasteiger partial charge in [0, 0.05) is 12.1 Å². The van der Waals surface area contributed by atoms with Crippen molar-refractivity contribution < 1.29 is 24.0 Å². The van der Waals surface area contributed by atoms with Gasteiger partial charge in [0.25, 0.3) is 5.69 Å². The van der Waals surface area contributed by atoms with E-state index in [-0.39, 0.29) is 18.0 Å². The zero-order chi connectivity index (χ0) is 21.4. The summed E-state index contributed by atoms with van der Waals surface area (Å²) in [5, 5.41) is 13.2. The summed E-state index contributed by atoms with van der Waals surface area (Å²) in [5.74, 6) is -0.766. The molecule has 0 aliphatic carbocycles. The first-order valence-electron chi connectivity index (χ1n) is 8.81.